The monoisotopic (exact) mass is 408 g/mol. The zero-order chi connectivity index (χ0) is 20.7. The van der Waals surface area contributed by atoms with Gasteiger partial charge in [0.05, 0.1) is 19.8 Å². The van der Waals surface area contributed by atoms with Crippen LogP contribution in [0.5, 0.6) is 0 Å². The Morgan fingerprint density at radius 2 is 1.56 bits per heavy atom. The van der Waals surface area contributed by atoms with Crippen molar-refractivity contribution in [3.63, 3.8) is 0 Å². The molecular formula is C19H41N2O5P. The summed E-state index contributed by atoms with van der Waals surface area (Å²) in [5.74, 6) is 0.0225. The average Bonchev–Trinajstić information content (AvgIpc) is 2.62. The average molecular weight is 409 g/mol. The molecule has 7 nitrogen and oxygen atoms in total. The number of ether oxygens (including phenoxy) is 2. The van der Waals surface area contributed by atoms with E-state index < -0.39 is 14.8 Å². The fraction of sp³-hybridized carbons (Fsp3) is 0.947. The number of nitrogens with one attached hydrogen (secondary N) is 1. The van der Waals surface area contributed by atoms with E-state index in [9.17, 15) is 4.79 Å². The molecule has 0 aromatic rings. The third-order valence-corrected chi connectivity index (χ3v) is 6.00. The first-order chi connectivity index (χ1) is 12.9. The van der Waals surface area contributed by atoms with Crippen LogP contribution in [0.2, 0.25) is 0 Å². The Balaban J connectivity index is 4.07. The van der Waals surface area contributed by atoms with Crippen LogP contribution in [0.1, 0.15) is 66.7 Å². The molecule has 1 N–H and O–H groups in total. The van der Waals surface area contributed by atoms with E-state index in [1.165, 1.54) is 0 Å². The summed E-state index contributed by atoms with van der Waals surface area (Å²) >= 11 is 0. The molecule has 1 amide bonds. The van der Waals surface area contributed by atoms with Gasteiger partial charge in [-0.3, -0.25) is 4.79 Å². The molecular weight excluding hydrogens is 367 g/mol. The number of carbonyl (C=O) groups is 1. The summed E-state index contributed by atoms with van der Waals surface area (Å²) < 4.78 is 24.4. The number of methoxy groups -OCH3 is 2. The van der Waals surface area contributed by atoms with Gasteiger partial charge >= 0.3 is 0 Å². The molecule has 0 bridgehead atoms. The number of hydrogen-bond donors (Lipinski definition) is 1. The summed E-state index contributed by atoms with van der Waals surface area (Å²) in [5, 5.41) is 2.81. The highest BCUT2D eigenvalue weighted by atomic mass is 31.2. The smallest absolute Gasteiger partial charge is 0.259 e. The van der Waals surface area contributed by atoms with Crippen LogP contribution in [0, 0.1) is 0 Å². The van der Waals surface area contributed by atoms with Crippen molar-refractivity contribution in [2.45, 2.75) is 85.1 Å². The number of unbranched alkanes of at least 4 members (excludes halogenated alkanes) is 2. The van der Waals surface area contributed by atoms with Crippen molar-refractivity contribution in [1.29, 1.82) is 0 Å². The van der Waals surface area contributed by atoms with E-state index in [0.29, 0.717) is 38.3 Å². The van der Waals surface area contributed by atoms with Crippen molar-refractivity contribution in [2.24, 2.45) is 0 Å². The number of rotatable bonds is 17. The molecule has 27 heavy (non-hydrogen) atoms. The maximum absolute atomic E-state index is 11.8. The zero-order valence-electron chi connectivity index (χ0n) is 18.3. The van der Waals surface area contributed by atoms with Crippen molar-refractivity contribution < 1.29 is 23.3 Å². The van der Waals surface area contributed by atoms with Crippen molar-refractivity contribution in [3.8, 4) is 0 Å². The van der Waals surface area contributed by atoms with Crippen LogP contribution in [0.3, 0.4) is 0 Å². The summed E-state index contributed by atoms with van der Waals surface area (Å²) in [6, 6.07) is 0.749. The highest BCUT2D eigenvalue weighted by Crippen LogP contribution is 2.46. The van der Waals surface area contributed by atoms with Crippen molar-refractivity contribution in [3.05, 3.63) is 0 Å². The van der Waals surface area contributed by atoms with Gasteiger partial charge in [-0.25, -0.2) is 4.67 Å². The first-order valence-electron chi connectivity index (χ1n) is 10.0. The Kier molecular flexibility index (Phi) is 16.5. The fourth-order valence-electron chi connectivity index (χ4n) is 2.57. The molecule has 0 aromatic carbocycles. The molecule has 0 aliphatic rings. The number of nitrogens with zero attached hydrogens (tertiary/aromatic N) is 1. The Bertz CT molecular complexity index is 360. The van der Waals surface area contributed by atoms with Gasteiger partial charge in [0.25, 0.3) is 8.53 Å². The largest absolute Gasteiger partial charge is 0.354 e. The Hall–Kier alpha value is -0.300. The molecule has 0 saturated carbocycles. The van der Waals surface area contributed by atoms with Crippen LogP contribution in [-0.2, 0) is 23.3 Å². The van der Waals surface area contributed by atoms with E-state index in [-0.39, 0.29) is 5.91 Å². The van der Waals surface area contributed by atoms with Gasteiger partial charge in [-0.1, -0.05) is 13.3 Å². The summed E-state index contributed by atoms with van der Waals surface area (Å²) in [7, 11) is 2.08. The summed E-state index contributed by atoms with van der Waals surface area (Å²) in [5.41, 5.74) is 0. The lowest BCUT2D eigenvalue weighted by Crippen LogP contribution is -2.34. The van der Waals surface area contributed by atoms with Gasteiger partial charge in [0.15, 0.2) is 6.29 Å². The van der Waals surface area contributed by atoms with Gasteiger partial charge < -0.3 is 23.8 Å². The fourth-order valence-corrected chi connectivity index (χ4v) is 4.29. The number of hydrogen-bond acceptors (Lipinski definition) is 6. The first-order valence-corrected chi connectivity index (χ1v) is 11.2. The van der Waals surface area contributed by atoms with Gasteiger partial charge in [-0.05, 0) is 47.0 Å². The first kappa shape index (κ1) is 26.7. The minimum atomic E-state index is -1.03. The van der Waals surface area contributed by atoms with Crippen molar-refractivity contribution in [2.75, 3.05) is 34.0 Å². The molecule has 0 spiro atoms. The maximum Gasteiger partial charge on any atom is 0.259 e. The van der Waals surface area contributed by atoms with Gasteiger partial charge in [-0.15, -0.1) is 0 Å². The molecule has 162 valence electrons. The van der Waals surface area contributed by atoms with E-state index in [1.807, 2.05) is 0 Å². The Morgan fingerprint density at radius 3 is 2.07 bits per heavy atom. The second-order valence-corrected chi connectivity index (χ2v) is 8.44. The van der Waals surface area contributed by atoms with Gasteiger partial charge in [0.1, 0.15) is 0 Å². The van der Waals surface area contributed by atoms with Crippen molar-refractivity contribution >= 4 is 14.4 Å². The van der Waals surface area contributed by atoms with E-state index in [2.05, 4.69) is 44.6 Å². The summed E-state index contributed by atoms with van der Waals surface area (Å²) in [4.78, 5) is 11.8. The van der Waals surface area contributed by atoms with Crippen molar-refractivity contribution in [1.82, 2.24) is 9.99 Å². The van der Waals surface area contributed by atoms with Crippen LogP contribution in [0.25, 0.3) is 0 Å². The predicted molar refractivity (Wildman–Crippen MR) is 111 cm³/mol. The SMILES string of the molecule is CCCOP(OCCCCCC(=O)NCC(OC)OC)N(C(C)C)C(C)C. The molecule has 0 aliphatic carbocycles. The number of amides is 1. The van der Waals surface area contributed by atoms with E-state index in [1.54, 1.807) is 14.2 Å². The Morgan fingerprint density at radius 1 is 0.963 bits per heavy atom. The maximum atomic E-state index is 11.8. The molecule has 1 unspecified atom stereocenters. The minimum absolute atomic E-state index is 0.0225. The van der Waals surface area contributed by atoms with Gasteiger partial charge in [0.2, 0.25) is 5.91 Å². The molecule has 0 radical (unpaired) electrons. The highest BCUT2D eigenvalue weighted by molar-refractivity contribution is 7.44. The van der Waals surface area contributed by atoms with E-state index >= 15 is 0 Å². The van der Waals surface area contributed by atoms with E-state index in [0.717, 1.165) is 25.7 Å². The van der Waals surface area contributed by atoms with Crippen LogP contribution < -0.4 is 5.32 Å². The normalized spacial score (nSPS) is 13.1. The lowest BCUT2D eigenvalue weighted by molar-refractivity contribution is -0.127. The summed E-state index contributed by atoms with van der Waals surface area (Å²) in [6.45, 7) is 12.5. The lowest BCUT2D eigenvalue weighted by Gasteiger charge is -2.35. The topological polar surface area (TPSA) is 69.3 Å². The van der Waals surface area contributed by atoms with Crippen LogP contribution in [0.15, 0.2) is 0 Å². The zero-order valence-corrected chi connectivity index (χ0v) is 19.2. The molecule has 0 rings (SSSR count). The van der Waals surface area contributed by atoms with Crippen LogP contribution in [-0.4, -0.2) is 62.9 Å². The second kappa shape index (κ2) is 16.6. The molecule has 0 aliphatic heterocycles. The van der Waals surface area contributed by atoms with Gasteiger partial charge in [0, 0.05) is 32.7 Å². The molecule has 0 aromatic heterocycles. The van der Waals surface area contributed by atoms with E-state index in [4.69, 9.17) is 18.5 Å². The lowest BCUT2D eigenvalue weighted by atomic mass is 10.2. The number of carbonyl (C=O) groups excluding carboxylic acids is 1. The van der Waals surface area contributed by atoms with Crippen LogP contribution >= 0.6 is 8.53 Å². The van der Waals surface area contributed by atoms with Gasteiger partial charge in [-0.2, -0.15) is 0 Å². The second-order valence-electron chi connectivity index (χ2n) is 6.99. The highest BCUT2D eigenvalue weighted by Gasteiger charge is 2.26. The molecule has 0 heterocycles. The third-order valence-electron chi connectivity index (χ3n) is 3.89. The Labute approximate surface area is 167 Å². The van der Waals surface area contributed by atoms with Crippen LogP contribution in [0.4, 0.5) is 0 Å². The third kappa shape index (κ3) is 12.7. The predicted octanol–water partition coefficient (Wildman–Crippen LogP) is 4.07. The standard InChI is InChI=1S/C19H41N2O5P/c1-8-13-25-27(21(16(2)3)17(4)5)26-14-11-9-10-12-18(22)20-15-19(23-6)24-7/h16-17,19H,8-15H2,1-7H3,(H,20,22). The summed E-state index contributed by atoms with van der Waals surface area (Å²) in [6.07, 6.45) is 3.80. The minimum Gasteiger partial charge on any atom is -0.354 e. The quantitative estimate of drug-likeness (QED) is 0.222. The molecule has 0 saturated heterocycles. The molecule has 8 heteroatoms. The molecule has 1 atom stereocenters. The molecule has 0 fully saturated rings.